The van der Waals surface area contributed by atoms with Gasteiger partial charge in [-0.3, -0.25) is 4.79 Å². The molecule has 2 aromatic carbocycles. The summed E-state index contributed by atoms with van der Waals surface area (Å²) in [6.07, 6.45) is 3.74. The lowest BCUT2D eigenvalue weighted by molar-refractivity contribution is -0.125. The SMILES string of the molecule is CC(C)N(Cc1ccccc1)S(=O)(=O)c1ccc2c(c1)C[C@@H](C)N2C(=O)C1CCC1. The van der Waals surface area contributed by atoms with Gasteiger partial charge < -0.3 is 4.90 Å². The highest BCUT2D eigenvalue weighted by molar-refractivity contribution is 7.89. The Bertz CT molecular complexity index is 1030. The maximum Gasteiger partial charge on any atom is 0.243 e. The molecule has 0 N–H and O–H groups in total. The summed E-state index contributed by atoms with van der Waals surface area (Å²) in [5.74, 6) is 0.320. The fourth-order valence-corrected chi connectivity index (χ4v) is 6.08. The Kier molecular flexibility index (Phi) is 5.73. The highest BCUT2D eigenvalue weighted by Gasteiger charge is 2.38. The molecule has 1 aliphatic carbocycles. The summed E-state index contributed by atoms with van der Waals surface area (Å²) >= 11 is 0. The molecule has 2 aromatic rings. The second-order valence-corrected chi connectivity index (χ2v) is 10.7. The molecule has 2 aliphatic rings. The Morgan fingerprint density at radius 1 is 1.13 bits per heavy atom. The molecule has 0 unspecified atom stereocenters. The van der Waals surface area contributed by atoms with Crippen molar-refractivity contribution >= 4 is 21.6 Å². The van der Waals surface area contributed by atoms with Crippen molar-refractivity contribution in [2.24, 2.45) is 5.92 Å². The zero-order valence-electron chi connectivity index (χ0n) is 17.9. The van der Waals surface area contributed by atoms with Gasteiger partial charge in [-0.15, -0.1) is 0 Å². The zero-order chi connectivity index (χ0) is 21.5. The van der Waals surface area contributed by atoms with Gasteiger partial charge in [-0.25, -0.2) is 8.42 Å². The molecule has 0 spiro atoms. The average molecular weight is 427 g/mol. The van der Waals surface area contributed by atoms with Gasteiger partial charge in [-0.1, -0.05) is 36.8 Å². The van der Waals surface area contributed by atoms with Crippen LogP contribution < -0.4 is 4.90 Å². The van der Waals surface area contributed by atoms with E-state index >= 15 is 0 Å². The molecular weight excluding hydrogens is 396 g/mol. The molecule has 0 saturated heterocycles. The fraction of sp³-hybridized carbons (Fsp3) is 0.458. The third-order valence-corrected chi connectivity index (χ3v) is 8.34. The Hall–Kier alpha value is -2.18. The number of nitrogens with zero attached hydrogens (tertiary/aromatic N) is 2. The quantitative estimate of drug-likeness (QED) is 0.689. The minimum atomic E-state index is -3.66. The van der Waals surface area contributed by atoms with Crippen molar-refractivity contribution in [2.45, 2.75) is 70.0 Å². The van der Waals surface area contributed by atoms with E-state index in [0.717, 1.165) is 36.1 Å². The standard InChI is InChI=1S/C24H30N2O3S/c1-17(2)25(16-19-8-5-4-6-9-19)30(28,29)22-12-13-23-21(15-22)14-18(3)26(23)24(27)20-10-7-11-20/h4-6,8-9,12-13,15,17-18,20H,7,10-11,14,16H2,1-3H3/t18-/m1/s1. The number of fused-ring (bicyclic) bond motifs is 1. The molecule has 1 aliphatic heterocycles. The molecule has 1 amide bonds. The summed E-state index contributed by atoms with van der Waals surface area (Å²) < 4.78 is 28.5. The fourth-order valence-electron chi connectivity index (χ4n) is 4.40. The number of carbonyl (C=O) groups excluding carboxylic acids is 1. The van der Waals surface area contributed by atoms with E-state index in [1.165, 1.54) is 0 Å². The maximum absolute atomic E-state index is 13.5. The van der Waals surface area contributed by atoms with Crippen molar-refractivity contribution in [3.8, 4) is 0 Å². The summed E-state index contributed by atoms with van der Waals surface area (Å²) in [4.78, 5) is 15.1. The van der Waals surface area contributed by atoms with E-state index in [1.807, 2.05) is 62.1 Å². The van der Waals surface area contributed by atoms with E-state index in [4.69, 9.17) is 0 Å². The number of hydrogen-bond donors (Lipinski definition) is 0. The van der Waals surface area contributed by atoms with Gasteiger partial charge in [-0.05, 0) is 69.4 Å². The Balaban J connectivity index is 1.63. The van der Waals surface area contributed by atoms with Crippen LogP contribution in [0, 0.1) is 5.92 Å². The lowest BCUT2D eigenvalue weighted by Gasteiger charge is -2.32. The number of rotatable bonds is 6. The van der Waals surface area contributed by atoms with Gasteiger partial charge in [0.05, 0.1) is 4.90 Å². The summed E-state index contributed by atoms with van der Waals surface area (Å²) in [6, 6.07) is 14.8. The lowest BCUT2D eigenvalue weighted by Crippen LogP contribution is -2.42. The molecule has 4 rings (SSSR count). The van der Waals surface area contributed by atoms with Crippen LogP contribution in [-0.4, -0.2) is 30.7 Å². The van der Waals surface area contributed by atoms with E-state index in [1.54, 1.807) is 16.4 Å². The number of carbonyl (C=O) groups is 1. The van der Waals surface area contributed by atoms with Gasteiger partial charge >= 0.3 is 0 Å². The monoisotopic (exact) mass is 426 g/mol. The number of benzene rings is 2. The van der Waals surface area contributed by atoms with E-state index < -0.39 is 10.0 Å². The van der Waals surface area contributed by atoms with Crippen molar-refractivity contribution in [1.29, 1.82) is 0 Å². The molecule has 1 heterocycles. The van der Waals surface area contributed by atoms with Crippen LogP contribution in [0.5, 0.6) is 0 Å². The number of anilines is 1. The van der Waals surface area contributed by atoms with E-state index in [0.29, 0.717) is 17.9 Å². The third-order valence-electron chi connectivity index (χ3n) is 6.32. The molecule has 0 bridgehead atoms. The Morgan fingerprint density at radius 3 is 2.43 bits per heavy atom. The first-order valence-corrected chi connectivity index (χ1v) is 12.2. The topological polar surface area (TPSA) is 57.7 Å². The number of sulfonamides is 1. The molecule has 1 atom stereocenters. The highest BCUT2D eigenvalue weighted by atomic mass is 32.2. The smallest absolute Gasteiger partial charge is 0.243 e. The van der Waals surface area contributed by atoms with Crippen molar-refractivity contribution in [3.63, 3.8) is 0 Å². The lowest BCUT2D eigenvalue weighted by atomic mass is 9.84. The second kappa shape index (κ2) is 8.16. The van der Waals surface area contributed by atoms with Crippen LogP contribution in [0.4, 0.5) is 5.69 Å². The van der Waals surface area contributed by atoms with E-state index in [-0.39, 0.29) is 23.9 Å². The molecule has 30 heavy (non-hydrogen) atoms. The van der Waals surface area contributed by atoms with Crippen LogP contribution in [0.2, 0.25) is 0 Å². The minimum absolute atomic E-state index is 0.0663. The van der Waals surface area contributed by atoms with Crippen LogP contribution in [-0.2, 0) is 27.8 Å². The molecular formula is C24H30N2O3S. The first-order chi connectivity index (χ1) is 14.3. The van der Waals surface area contributed by atoms with Crippen LogP contribution in [0.3, 0.4) is 0 Å². The molecule has 6 heteroatoms. The zero-order valence-corrected chi connectivity index (χ0v) is 18.7. The van der Waals surface area contributed by atoms with Crippen molar-refractivity contribution in [3.05, 3.63) is 59.7 Å². The Morgan fingerprint density at radius 2 is 1.83 bits per heavy atom. The van der Waals surface area contributed by atoms with Crippen molar-refractivity contribution < 1.29 is 13.2 Å². The van der Waals surface area contributed by atoms with Crippen molar-refractivity contribution in [2.75, 3.05) is 4.90 Å². The largest absolute Gasteiger partial charge is 0.309 e. The second-order valence-electron chi connectivity index (χ2n) is 8.81. The molecule has 0 aromatic heterocycles. The maximum atomic E-state index is 13.5. The summed E-state index contributed by atoms with van der Waals surface area (Å²) in [7, 11) is -3.66. The molecule has 1 fully saturated rings. The van der Waals surface area contributed by atoms with E-state index in [9.17, 15) is 13.2 Å². The predicted molar refractivity (Wildman–Crippen MR) is 119 cm³/mol. The summed E-state index contributed by atoms with van der Waals surface area (Å²) in [5.41, 5.74) is 2.78. The Labute approximate surface area is 179 Å². The van der Waals surface area contributed by atoms with Crippen LogP contribution in [0.1, 0.15) is 51.2 Å². The van der Waals surface area contributed by atoms with Crippen LogP contribution in [0.15, 0.2) is 53.4 Å². The summed E-state index contributed by atoms with van der Waals surface area (Å²) in [6.45, 7) is 6.17. The number of amides is 1. The first kappa shape index (κ1) is 21.1. The van der Waals surface area contributed by atoms with E-state index in [2.05, 4.69) is 0 Å². The van der Waals surface area contributed by atoms with Gasteiger partial charge in [0.1, 0.15) is 0 Å². The van der Waals surface area contributed by atoms with Crippen LogP contribution in [0.25, 0.3) is 0 Å². The third kappa shape index (κ3) is 3.79. The molecule has 1 saturated carbocycles. The molecule has 0 radical (unpaired) electrons. The average Bonchev–Trinajstić information content (AvgIpc) is 3.00. The first-order valence-electron chi connectivity index (χ1n) is 10.8. The minimum Gasteiger partial charge on any atom is -0.309 e. The van der Waals surface area contributed by atoms with Gasteiger partial charge in [0, 0.05) is 30.2 Å². The molecule has 160 valence electrons. The van der Waals surface area contributed by atoms with Crippen molar-refractivity contribution in [1.82, 2.24) is 4.31 Å². The van der Waals surface area contributed by atoms with Gasteiger partial charge in [-0.2, -0.15) is 4.31 Å². The predicted octanol–water partition coefficient (Wildman–Crippen LogP) is 4.36. The number of hydrogen-bond acceptors (Lipinski definition) is 3. The highest BCUT2D eigenvalue weighted by Crippen LogP contribution is 2.38. The summed E-state index contributed by atoms with van der Waals surface area (Å²) in [5, 5.41) is 0. The van der Waals surface area contributed by atoms with Crippen LogP contribution >= 0.6 is 0 Å². The van der Waals surface area contributed by atoms with Gasteiger partial charge in [0.2, 0.25) is 15.9 Å². The molecule has 5 nitrogen and oxygen atoms in total. The normalized spacial score (nSPS) is 19.2. The van der Waals surface area contributed by atoms with Gasteiger partial charge in [0.15, 0.2) is 0 Å². The van der Waals surface area contributed by atoms with Gasteiger partial charge in [0.25, 0.3) is 0 Å².